The van der Waals surface area contributed by atoms with E-state index in [1.54, 1.807) is 24.3 Å². The lowest BCUT2D eigenvalue weighted by molar-refractivity contribution is -0.164. The summed E-state index contributed by atoms with van der Waals surface area (Å²) >= 11 is 1.01. The highest BCUT2D eigenvalue weighted by molar-refractivity contribution is 7.94. The van der Waals surface area contributed by atoms with Crippen molar-refractivity contribution in [3.63, 3.8) is 0 Å². The monoisotopic (exact) mass is 461 g/mol. The molecule has 0 heterocycles. The predicted octanol–water partition coefficient (Wildman–Crippen LogP) is 5.72. The van der Waals surface area contributed by atoms with Crippen LogP contribution in [0.15, 0.2) is 53.4 Å². The summed E-state index contributed by atoms with van der Waals surface area (Å²) in [6.45, 7) is 2.24. The Labute approximate surface area is 181 Å². The second kappa shape index (κ2) is 10.4. The Morgan fingerprint density at radius 3 is 1.97 bits per heavy atom. The molecule has 2 aromatic carbocycles. The Morgan fingerprint density at radius 1 is 1.03 bits per heavy atom. The Kier molecular flexibility index (Phi) is 8.47. The molecule has 31 heavy (non-hydrogen) atoms. The van der Waals surface area contributed by atoms with Crippen LogP contribution in [0.1, 0.15) is 31.9 Å². The number of carboxylic acid groups (broad SMARTS) is 1. The van der Waals surface area contributed by atoms with E-state index in [-0.39, 0.29) is 5.56 Å². The highest BCUT2D eigenvalue weighted by Gasteiger charge is 2.43. The first kappa shape index (κ1) is 25.1. The Balaban J connectivity index is 2.24. The van der Waals surface area contributed by atoms with Gasteiger partial charge in [0, 0.05) is 11.3 Å². The zero-order valence-corrected chi connectivity index (χ0v) is 17.9. The van der Waals surface area contributed by atoms with Crippen LogP contribution in [0.25, 0.3) is 11.1 Å². The van der Waals surface area contributed by atoms with E-state index in [9.17, 15) is 27.5 Å². The molecule has 2 rings (SSSR count). The summed E-state index contributed by atoms with van der Waals surface area (Å²) in [7, 11) is 1.38. The molecule has 0 aromatic heterocycles. The average Bonchev–Trinajstić information content (AvgIpc) is 2.68. The second-order valence-electron chi connectivity index (χ2n) is 7.42. The van der Waals surface area contributed by atoms with Gasteiger partial charge in [0.25, 0.3) is 0 Å². The van der Waals surface area contributed by atoms with Crippen LogP contribution in [0.5, 0.6) is 0 Å². The summed E-state index contributed by atoms with van der Waals surface area (Å²) in [6, 6.07) is 8.70. The second-order valence-corrected chi connectivity index (χ2v) is 8.19. The van der Waals surface area contributed by atoms with Crippen molar-refractivity contribution in [1.82, 2.24) is 5.32 Å². The Hall–Kier alpha value is -2.14. The number of aliphatic carboxylic acids is 1. The molecule has 0 spiro atoms. The van der Waals surface area contributed by atoms with Crippen molar-refractivity contribution >= 4 is 18.0 Å². The van der Waals surface area contributed by atoms with Gasteiger partial charge in [-0.25, -0.2) is 9.28 Å². The molecule has 2 atom stereocenters. The van der Waals surface area contributed by atoms with E-state index < -0.39 is 36.3 Å². The van der Waals surface area contributed by atoms with Crippen molar-refractivity contribution in [2.75, 3.05) is 7.11 Å². The van der Waals surface area contributed by atoms with Crippen LogP contribution in [0.4, 0.5) is 17.6 Å². The Morgan fingerprint density at radius 2 is 1.55 bits per heavy atom. The van der Waals surface area contributed by atoms with Crippen molar-refractivity contribution in [2.45, 2.75) is 49.1 Å². The lowest BCUT2D eigenvalue weighted by Crippen LogP contribution is -2.47. The third-order valence-corrected chi connectivity index (χ3v) is 4.98. The number of halogens is 4. The van der Waals surface area contributed by atoms with Gasteiger partial charge in [-0.3, -0.25) is 10.1 Å². The van der Waals surface area contributed by atoms with Crippen LogP contribution >= 0.6 is 12.0 Å². The van der Waals surface area contributed by atoms with E-state index in [0.717, 1.165) is 36.3 Å². The number of benzene rings is 2. The van der Waals surface area contributed by atoms with Crippen LogP contribution in [0.2, 0.25) is 0 Å². The minimum Gasteiger partial charge on any atom is -0.480 e. The highest BCUT2D eigenvalue weighted by Crippen LogP contribution is 2.35. The normalized spacial score (nSPS) is 14.3. The summed E-state index contributed by atoms with van der Waals surface area (Å²) in [4.78, 5) is 16.7. The molecule has 0 amide bonds. The zero-order valence-electron chi connectivity index (χ0n) is 17.1. The Bertz CT molecular complexity index is 852. The quantitative estimate of drug-likeness (QED) is 0.204. The van der Waals surface area contributed by atoms with Gasteiger partial charge in [-0.05, 0) is 42.7 Å². The lowest BCUT2D eigenvalue weighted by atomic mass is 9.97. The first-order valence-corrected chi connectivity index (χ1v) is 9.97. The van der Waals surface area contributed by atoms with Gasteiger partial charge < -0.3 is 5.11 Å². The molecule has 0 saturated heterocycles. The van der Waals surface area contributed by atoms with Crippen molar-refractivity contribution in [1.29, 1.82) is 0 Å². The first-order valence-electron chi connectivity index (χ1n) is 9.23. The molecule has 0 bridgehead atoms. The van der Waals surface area contributed by atoms with Crippen LogP contribution in [-0.4, -0.2) is 36.1 Å². The molecular formula is C21H23F4NO4S. The summed E-state index contributed by atoms with van der Waals surface area (Å²) in [6.07, 6.45) is -5.37. The van der Waals surface area contributed by atoms with E-state index in [0.29, 0.717) is 5.56 Å². The SMILES string of the molecule is COOSc1ccc(-c2ccc([C@H](N[C@@H](CC(C)(C)F)C(=O)O)C(F)(F)F)cc2)cc1. The number of alkyl halides is 4. The molecule has 2 N–H and O–H groups in total. The van der Waals surface area contributed by atoms with E-state index in [2.05, 4.69) is 10.2 Å². The van der Waals surface area contributed by atoms with E-state index in [4.69, 9.17) is 4.33 Å². The van der Waals surface area contributed by atoms with Gasteiger partial charge in [-0.1, -0.05) is 36.4 Å². The number of carbonyl (C=O) groups is 1. The fourth-order valence-corrected chi connectivity index (χ4v) is 3.32. The third-order valence-electron chi connectivity index (χ3n) is 4.31. The molecular weight excluding hydrogens is 438 g/mol. The maximum absolute atomic E-state index is 13.9. The fraction of sp³-hybridized carbons (Fsp3) is 0.381. The number of carboxylic acids is 1. The molecule has 2 aromatic rings. The summed E-state index contributed by atoms with van der Waals surface area (Å²) in [5.41, 5.74) is -0.671. The molecule has 0 aliphatic rings. The van der Waals surface area contributed by atoms with Crippen LogP contribution < -0.4 is 5.32 Å². The standard InChI is InChI=1S/C21H23F4NO4S/c1-20(2,22)12-17(19(27)28)26-18(21(23,24)25)15-6-4-13(5-7-15)14-8-10-16(11-9-14)31-30-29-3/h4-11,17-18,26H,12H2,1-3H3,(H,27,28)/t17-,18-/m0/s1. The number of hydrogen-bond acceptors (Lipinski definition) is 5. The van der Waals surface area contributed by atoms with Gasteiger partial charge in [0.2, 0.25) is 0 Å². The molecule has 170 valence electrons. The van der Waals surface area contributed by atoms with Gasteiger partial charge in [-0.2, -0.15) is 17.5 Å². The predicted molar refractivity (Wildman–Crippen MR) is 109 cm³/mol. The van der Waals surface area contributed by atoms with Gasteiger partial charge in [-0.15, -0.1) is 0 Å². The van der Waals surface area contributed by atoms with Crippen LogP contribution in [-0.2, 0) is 14.0 Å². The fourth-order valence-electron chi connectivity index (χ4n) is 2.93. The van der Waals surface area contributed by atoms with Crippen molar-refractivity contribution < 1.29 is 36.7 Å². The smallest absolute Gasteiger partial charge is 0.407 e. The van der Waals surface area contributed by atoms with Crippen molar-refractivity contribution in [2.24, 2.45) is 0 Å². The third kappa shape index (κ3) is 7.80. The topological polar surface area (TPSA) is 67.8 Å². The van der Waals surface area contributed by atoms with Crippen molar-refractivity contribution in [3.05, 3.63) is 54.1 Å². The molecule has 0 fully saturated rings. The van der Waals surface area contributed by atoms with Crippen LogP contribution in [0.3, 0.4) is 0 Å². The zero-order chi connectivity index (χ0) is 23.2. The van der Waals surface area contributed by atoms with E-state index >= 15 is 0 Å². The number of nitrogens with one attached hydrogen (secondary N) is 1. The summed E-state index contributed by atoms with van der Waals surface area (Å²) in [5, 5.41) is 11.3. The average molecular weight is 461 g/mol. The first-order chi connectivity index (χ1) is 14.4. The van der Waals surface area contributed by atoms with Gasteiger partial charge in [0.15, 0.2) is 0 Å². The van der Waals surface area contributed by atoms with E-state index in [1.165, 1.54) is 31.4 Å². The maximum atomic E-state index is 13.9. The molecule has 0 saturated carbocycles. The summed E-state index contributed by atoms with van der Waals surface area (Å²) < 4.78 is 59.6. The number of hydrogen-bond donors (Lipinski definition) is 2. The minimum atomic E-state index is -4.77. The highest BCUT2D eigenvalue weighted by atomic mass is 32.2. The largest absolute Gasteiger partial charge is 0.480 e. The minimum absolute atomic E-state index is 0.167. The molecule has 10 heteroatoms. The molecule has 0 aliphatic carbocycles. The molecule has 0 radical (unpaired) electrons. The maximum Gasteiger partial charge on any atom is 0.407 e. The van der Waals surface area contributed by atoms with E-state index in [1.807, 2.05) is 0 Å². The molecule has 0 unspecified atom stereocenters. The van der Waals surface area contributed by atoms with Crippen LogP contribution in [0, 0.1) is 0 Å². The van der Waals surface area contributed by atoms with Gasteiger partial charge >= 0.3 is 12.1 Å². The van der Waals surface area contributed by atoms with Gasteiger partial charge in [0.05, 0.1) is 19.2 Å². The molecule has 0 aliphatic heterocycles. The van der Waals surface area contributed by atoms with Gasteiger partial charge in [0.1, 0.15) is 17.8 Å². The molecule has 5 nitrogen and oxygen atoms in total. The summed E-state index contributed by atoms with van der Waals surface area (Å²) in [5.74, 6) is -1.55. The van der Waals surface area contributed by atoms with Crippen molar-refractivity contribution in [3.8, 4) is 11.1 Å². The number of rotatable bonds is 10. The lowest BCUT2D eigenvalue weighted by Gasteiger charge is -2.28.